The number of rotatable bonds is 2. The Kier molecular flexibility index (Phi) is 2.74. The highest BCUT2D eigenvalue weighted by molar-refractivity contribution is 5.57. The molecule has 3 aromatic rings. The summed E-state index contributed by atoms with van der Waals surface area (Å²) in [6.45, 7) is 0. The monoisotopic (exact) mass is 277 g/mol. The minimum atomic E-state index is 0.243. The second-order valence-electron chi connectivity index (χ2n) is 5.37. The highest BCUT2D eigenvalue weighted by Crippen LogP contribution is 2.37. The molecule has 4 heteroatoms. The minimum Gasteiger partial charge on any atom is -0.399 e. The summed E-state index contributed by atoms with van der Waals surface area (Å²) in [6.07, 6.45) is 2.12. The van der Waals surface area contributed by atoms with Crippen LogP contribution in [0.2, 0.25) is 0 Å². The summed E-state index contributed by atoms with van der Waals surface area (Å²) >= 11 is 0. The van der Waals surface area contributed by atoms with Crippen molar-refractivity contribution in [1.29, 1.82) is 0 Å². The van der Waals surface area contributed by atoms with Crippen LogP contribution in [0.3, 0.4) is 0 Å². The number of nitrogen functional groups attached to an aromatic ring is 1. The molecule has 1 aliphatic carbocycles. The molecule has 0 saturated carbocycles. The van der Waals surface area contributed by atoms with Crippen LogP contribution in [0.5, 0.6) is 0 Å². The molecule has 2 aromatic carbocycles. The van der Waals surface area contributed by atoms with Gasteiger partial charge in [0.25, 0.3) is 5.89 Å². The van der Waals surface area contributed by atoms with Crippen molar-refractivity contribution in [2.75, 3.05) is 5.73 Å². The normalized spacial score (nSPS) is 16.9. The van der Waals surface area contributed by atoms with Crippen LogP contribution in [-0.4, -0.2) is 10.1 Å². The smallest absolute Gasteiger partial charge is 0.257 e. The Morgan fingerprint density at radius 2 is 1.86 bits per heavy atom. The van der Waals surface area contributed by atoms with Crippen molar-refractivity contribution >= 4 is 5.69 Å². The van der Waals surface area contributed by atoms with Crippen molar-refractivity contribution < 1.29 is 4.52 Å². The molecular formula is C17H15N3O. The van der Waals surface area contributed by atoms with E-state index in [0.717, 1.165) is 29.9 Å². The lowest BCUT2D eigenvalue weighted by atomic mass is 10.0. The molecule has 0 spiro atoms. The summed E-state index contributed by atoms with van der Waals surface area (Å²) in [6, 6.07) is 16.0. The van der Waals surface area contributed by atoms with Crippen molar-refractivity contribution in [3.63, 3.8) is 0 Å². The lowest BCUT2D eigenvalue weighted by Gasteiger charge is -2.05. The molecule has 0 fully saturated rings. The van der Waals surface area contributed by atoms with Crippen molar-refractivity contribution in [1.82, 2.24) is 10.1 Å². The first kappa shape index (κ1) is 12.1. The maximum Gasteiger partial charge on any atom is 0.257 e. The topological polar surface area (TPSA) is 64.9 Å². The van der Waals surface area contributed by atoms with Crippen LogP contribution in [0.25, 0.3) is 11.5 Å². The number of benzene rings is 2. The Bertz CT molecular complexity index is 777. The zero-order chi connectivity index (χ0) is 14.2. The van der Waals surface area contributed by atoms with Crippen LogP contribution in [0.15, 0.2) is 53.1 Å². The number of nitrogens with zero attached hydrogens (tertiary/aromatic N) is 2. The largest absolute Gasteiger partial charge is 0.399 e. The van der Waals surface area contributed by atoms with Crippen LogP contribution < -0.4 is 5.73 Å². The Morgan fingerprint density at radius 1 is 1.05 bits per heavy atom. The minimum absolute atomic E-state index is 0.243. The number of hydrogen-bond donors (Lipinski definition) is 1. The molecule has 1 aromatic heterocycles. The highest BCUT2D eigenvalue weighted by atomic mass is 16.5. The summed E-state index contributed by atoms with van der Waals surface area (Å²) in [4.78, 5) is 4.57. The van der Waals surface area contributed by atoms with Crippen molar-refractivity contribution in [2.24, 2.45) is 0 Å². The first-order valence-electron chi connectivity index (χ1n) is 7.08. The molecule has 21 heavy (non-hydrogen) atoms. The number of anilines is 1. The number of nitrogens with two attached hydrogens (primary N) is 1. The van der Waals surface area contributed by atoms with Crippen molar-refractivity contribution in [3.8, 4) is 11.5 Å². The van der Waals surface area contributed by atoms with E-state index >= 15 is 0 Å². The maximum atomic E-state index is 5.70. The molecule has 1 atom stereocenters. The van der Waals surface area contributed by atoms with Gasteiger partial charge < -0.3 is 10.3 Å². The zero-order valence-corrected chi connectivity index (χ0v) is 11.5. The summed E-state index contributed by atoms with van der Waals surface area (Å²) in [5, 5.41) is 4.18. The predicted octanol–water partition coefficient (Wildman–Crippen LogP) is 3.40. The predicted molar refractivity (Wildman–Crippen MR) is 80.8 cm³/mol. The molecule has 2 N–H and O–H groups in total. The van der Waals surface area contributed by atoms with Gasteiger partial charge in [-0.25, -0.2) is 0 Å². The third-order valence-corrected chi connectivity index (χ3v) is 4.04. The molecule has 0 radical (unpaired) electrons. The molecule has 1 aliphatic rings. The van der Waals surface area contributed by atoms with E-state index in [4.69, 9.17) is 10.3 Å². The number of aromatic nitrogens is 2. The fourth-order valence-electron chi connectivity index (χ4n) is 2.94. The van der Waals surface area contributed by atoms with Gasteiger partial charge >= 0.3 is 0 Å². The average Bonchev–Trinajstić information content (AvgIpc) is 3.14. The van der Waals surface area contributed by atoms with Crippen LogP contribution in [0, 0.1) is 0 Å². The number of fused-ring (bicyclic) bond motifs is 1. The van der Waals surface area contributed by atoms with E-state index in [2.05, 4.69) is 34.4 Å². The molecule has 0 saturated heterocycles. The molecule has 0 amide bonds. The van der Waals surface area contributed by atoms with E-state index in [1.165, 1.54) is 11.1 Å². The van der Waals surface area contributed by atoms with Gasteiger partial charge in [-0.2, -0.15) is 4.98 Å². The first-order valence-corrected chi connectivity index (χ1v) is 7.08. The van der Waals surface area contributed by atoms with Gasteiger partial charge in [0.15, 0.2) is 5.82 Å². The van der Waals surface area contributed by atoms with E-state index in [-0.39, 0.29) is 5.92 Å². The van der Waals surface area contributed by atoms with Crippen molar-refractivity contribution in [3.05, 3.63) is 65.5 Å². The van der Waals surface area contributed by atoms with Gasteiger partial charge in [-0.15, -0.1) is 0 Å². The first-order chi connectivity index (χ1) is 10.3. The van der Waals surface area contributed by atoms with E-state index in [1.807, 2.05) is 24.3 Å². The Morgan fingerprint density at radius 3 is 2.71 bits per heavy atom. The van der Waals surface area contributed by atoms with Gasteiger partial charge in [0.1, 0.15) is 0 Å². The standard InChI is InChI=1S/C17H15N3O/c18-13-8-5-12(6-9-13)17-19-16(20-21-17)15-10-7-11-3-1-2-4-14(11)15/h1-6,8-9,15H,7,10,18H2. The molecule has 1 heterocycles. The molecule has 1 unspecified atom stereocenters. The van der Waals surface area contributed by atoms with Gasteiger partial charge in [0.05, 0.1) is 0 Å². The van der Waals surface area contributed by atoms with Gasteiger partial charge in [0, 0.05) is 17.2 Å². The lowest BCUT2D eigenvalue weighted by molar-refractivity contribution is 0.419. The third-order valence-electron chi connectivity index (χ3n) is 4.04. The van der Waals surface area contributed by atoms with Crippen LogP contribution >= 0.6 is 0 Å². The molecule has 4 nitrogen and oxygen atoms in total. The molecule has 4 rings (SSSR count). The molecule has 104 valence electrons. The lowest BCUT2D eigenvalue weighted by Crippen LogP contribution is -1.98. The van der Waals surface area contributed by atoms with Gasteiger partial charge in [-0.05, 0) is 48.2 Å². The van der Waals surface area contributed by atoms with E-state index in [9.17, 15) is 0 Å². The summed E-state index contributed by atoms with van der Waals surface area (Å²) < 4.78 is 5.42. The SMILES string of the molecule is Nc1ccc(-c2nc(C3CCc4ccccc43)no2)cc1. The summed E-state index contributed by atoms with van der Waals surface area (Å²) in [5.41, 5.74) is 10.0. The quantitative estimate of drug-likeness (QED) is 0.729. The molecule has 0 bridgehead atoms. The second-order valence-corrected chi connectivity index (χ2v) is 5.37. The summed E-state index contributed by atoms with van der Waals surface area (Å²) in [5.74, 6) is 1.56. The van der Waals surface area contributed by atoms with Crippen LogP contribution in [-0.2, 0) is 6.42 Å². The van der Waals surface area contributed by atoms with Crippen LogP contribution in [0.4, 0.5) is 5.69 Å². The summed E-state index contributed by atoms with van der Waals surface area (Å²) in [7, 11) is 0. The number of hydrogen-bond acceptors (Lipinski definition) is 4. The van der Waals surface area contributed by atoms with E-state index < -0.39 is 0 Å². The fraction of sp³-hybridized carbons (Fsp3) is 0.176. The fourth-order valence-corrected chi connectivity index (χ4v) is 2.94. The van der Waals surface area contributed by atoms with Crippen molar-refractivity contribution in [2.45, 2.75) is 18.8 Å². The Hall–Kier alpha value is -2.62. The van der Waals surface area contributed by atoms with Gasteiger partial charge in [-0.1, -0.05) is 29.4 Å². The third kappa shape index (κ3) is 2.09. The van der Waals surface area contributed by atoms with Crippen LogP contribution in [0.1, 0.15) is 29.3 Å². The van der Waals surface area contributed by atoms with Gasteiger partial charge in [0.2, 0.25) is 0 Å². The zero-order valence-electron chi connectivity index (χ0n) is 11.5. The Labute approximate surface area is 122 Å². The van der Waals surface area contributed by atoms with E-state index in [0.29, 0.717) is 5.89 Å². The Balaban J connectivity index is 1.68. The highest BCUT2D eigenvalue weighted by Gasteiger charge is 2.27. The van der Waals surface area contributed by atoms with E-state index in [1.54, 1.807) is 0 Å². The van der Waals surface area contributed by atoms with Gasteiger partial charge in [-0.3, -0.25) is 0 Å². The maximum absolute atomic E-state index is 5.70. The molecular weight excluding hydrogens is 262 g/mol. The number of aryl methyl sites for hydroxylation is 1. The second kappa shape index (κ2) is 4.74. The molecule has 0 aliphatic heterocycles. The average molecular weight is 277 g/mol.